The Balaban J connectivity index is 1.60. The van der Waals surface area contributed by atoms with Gasteiger partial charge in [0.1, 0.15) is 0 Å². The van der Waals surface area contributed by atoms with E-state index in [-0.39, 0.29) is 0 Å². The third kappa shape index (κ3) is 2.74. The van der Waals surface area contributed by atoms with Gasteiger partial charge in [0, 0.05) is 31.7 Å². The molecule has 0 bridgehead atoms. The van der Waals surface area contributed by atoms with Crippen LogP contribution in [0.1, 0.15) is 57.7 Å². The van der Waals surface area contributed by atoms with E-state index in [1.54, 1.807) is 0 Å². The van der Waals surface area contributed by atoms with Crippen LogP contribution >= 0.6 is 0 Å². The molecule has 100 valence electrons. The maximum Gasteiger partial charge on any atom is 0.0858 e. The second-order valence-corrected chi connectivity index (χ2v) is 7.14. The largest absolute Gasteiger partial charge is 0.301 e. The fraction of sp³-hybridized carbons (Fsp3) is 0.857. The SMILES string of the molecule is CC(C)(C)CN1CCC(n2cc(C3CC3)nn2)C1. The Hall–Kier alpha value is -0.900. The van der Waals surface area contributed by atoms with Gasteiger partial charge in [-0.05, 0) is 24.7 Å². The van der Waals surface area contributed by atoms with Gasteiger partial charge in [0.05, 0.1) is 11.7 Å². The van der Waals surface area contributed by atoms with E-state index in [2.05, 4.69) is 46.9 Å². The van der Waals surface area contributed by atoms with E-state index in [0.717, 1.165) is 6.54 Å². The van der Waals surface area contributed by atoms with Crippen LogP contribution in [0.15, 0.2) is 6.20 Å². The fourth-order valence-electron chi connectivity index (χ4n) is 2.88. The smallest absolute Gasteiger partial charge is 0.0858 e. The van der Waals surface area contributed by atoms with Crippen molar-refractivity contribution < 1.29 is 0 Å². The van der Waals surface area contributed by atoms with Crippen molar-refractivity contribution >= 4 is 0 Å². The standard InChI is InChI=1S/C14H24N4/c1-14(2,3)10-17-7-6-12(8-17)18-9-13(15-16-18)11-4-5-11/h9,11-12H,4-8,10H2,1-3H3. The highest BCUT2D eigenvalue weighted by atomic mass is 15.4. The van der Waals surface area contributed by atoms with Crippen molar-refractivity contribution in [2.24, 2.45) is 5.41 Å². The van der Waals surface area contributed by atoms with Gasteiger partial charge in [0.25, 0.3) is 0 Å². The first kappa shape index (κ1) is 12.2. The first-order chi connectivity index (χ1) is 8.51. The van der Waals surface area contributed by atoms with Crippen LogP contribution < -0.4 is 0 Å². The maximum absolute atomic E-state index is 4.33. The highest BCUT2D eigenvalue weighted by Gasteiger charge is 2.30. The summed E-state index contributed by atoms with van der Waals surface area (Å²) in [5, 5.41) is 8.65. The van der Waals surface area contributed by atoms with Gasteiger partial charge in [0.15, 0.2) is 0 Å². The van der Waals surface area contributed by atoms with E-state index in [0.29, 0.717) is 17.4 Å². The minimum Gasteiger partial charge on any atom is -0.301 e. The van der Waals surface area contributed by atoms with Crippen LogP contribution in [-0.4, -0.2) is 39.5 Å². The lowest BCUT2D eigenvalue weighted by Crippen LogP contribution is -2.31. The molecule has 1 saturated carbocycles. The fourth-order valence-corrected chi connectivity index (χ4v) is 2.88. The van der Waals surface area contributed by atoms with Crippen molar-refractivity contribution in [1.29, 1.82) is 0 Å². The lowest BCUT2D eigenvalue weighted by atomic mass is 9.96. The lowest BCUT2D eigenvalue weighted by Gasteiger charge is -2.26. The molecule has 2 fully saturated rings. The molecule has 4 heteroatoms. The van der Waals surface area contributed by atoms with Crippen LogP contribution in [0.2, 0.25) is 0 Å². The van der Waals surface area contributed by atoms with E-state index < -0.39 is 0 Å². The normalized spacial score (nSPS) is 25.8. The third-order valence-corrected chi connectivity index (χ3v) is 3.84. The van der Waals surface area contributed by atoms with Crippen LogP contribution in [0.25, 0.3) is 0 Å². The Bertz CT molecular complexity index is 414. The van der Waals surface area contributed by atoms with Crippen molar-refractivity contribution in [1.82, 2.24) is 19.9 Å². The van der Waals surface area contributed by atoms with Crippen LogP contribution in [-0.2, 0) is 0 Å². The van der Waals surface area contributed by atoms with E-state index in [4.69, 9.17) is 0 Å². The topological polar surface area (TPSA) is 34.0 Å². The summed E-state index contributed by atoms with van der Waals surface area (Å²) in [5.41, 5.74) is 1.60. The monoisotopic (exact) mass is 248 g/mol. The summed E-state index contributed by atoms with van der Waals surface area (Å²) in [6.07, 6.45) is 6.01. The molecule has 1 saturated heterocycles. The number of rotatable bonds is 3. The molecule has 0 radical (unpaired) electrons. The summed E-state index contributed by atoms with van der Waals surface area (Å²) in [4.78, 5) is 2.56. The van der Waals surface area contributed by atoms with E-state index >= 15 is 0 Å². The molecule has 0 N–H and O–H groups in total. The lowest BCUT2D eigenvalue weighted by molar-refractivity contribution is 0.219. The molecule has 2 aliphatic rings. The zero-order valence-electron chi connectivity index (χ0n) is 11.8. The molecule has 1 unspecified atom stereocenters. The van der Waals surface area contributed by atoms with Crippen LogP contribution in [0.5, 0.6) is 0 Å². The van der Waals surface area contributed by atoms with E-state index in [9.17, 15) is 0 Å². The van der Waals surface area contributed by atoms with Gasteiger partial charge in [-0.25, -0.2) is 4.68 Å². The number of nitrogens with zero attached hydrogens (tertiary/aromatic N) is 4. The molecule has 1 aromatic rings. The quantitative estimate of drug-likeness (QED) is 0.824. The molecular formula is C14H24N4. The van der Waals surface area contributed by atoms with Crippen LogP contribution in [0.3, 0.4) is 0 Å². The summed E-state index contributed by atoms with van der Waals surface area (Å²) >= 11 is 0. The molecule has 1 atom stereocenters. The second kappa shape index (κ2) is 4.34. The molecule has 3 rings (SSSR count). The molecule has 1 aliphatic carbocycles. The number of hydrogen-bond acceptors (Lipinski definition) is 3. The molecule has 1 aromatic heterocycles. The van der Waals surface area contributed by atoms with Gasteiger partial charge in [-0.2, -0.15) is 0 Å². The van der Waals surface area contributed by atoms with Crippen LogP contribution in [0, 0.1) is 5.41 Å². The van der Waals surface area contributed by atoms with Gasteiger partial charge >= 0.3 is 0 Å². The van der Waals surface area contributed by atoms with E-state index in [1.807, 2.05) is 0 Å². The molecule has 1 aliphatic heterocycles. The highest BCUT2D eigenvalue weighted by Crippen LogP contribution is 2.39. The first-order valence-corrected chi connectivity index (χ1v) is 7.15. The minimum absolute atomic E-state index is 0.385. The van der Waals surface area contributed by atoms with Gasteiger partial charge in [-0.15, -0.1) is 5.10 Å². The summed E-state index contributed by atoms with van der Waals surface area (Å²) in [7, 11) is 0. The van der Waals surface area contributed by atoms with E-state index in [1.165, 1.54) is 38.0 Å². The van der Waals surface area contributed by atoms with Crippen molar-refractivity contribution in [3.05, 3.63) is 11.9 Å². The average Bonchev–Trinajstić information content (AvgIpc) is 2.84. The molecule has 18 heavy (non-hydrogen) atoms. The molecule has 0 spiro atoms. The molecule has 0 amide bonds. The minimum atomic E-state index is 0.385. The Labute approximate surface area is 109 Å². The predicted molar refractivity (Wildman–Crippen MR) is 71.5 cm³/mol. The summed E-state index contributed by atoms with van der Waals surface area (Å²) in [6, 6.07) is 0.535. The van der Waals surface area contributed by atoms with Crippen LogP contribution in [0.4, 0.5) is 0 Å². The molecular weight excluding hydrogens is 224 g/mol. The Kier molecular flexibility index (Phi) is 2.93. The second-order valence-electron chi connectivity index (χ2n) is 7.14. The van der Waals surface area contributed by atoms with Crippen molar-refractivity contribution in [3.63, 3.8) is 0 Å². The molecule has 4 nitrogen and oxygen atoms in total. The third-order valence-electron chi connectivity index (χ3n) is 3.84. The van der Waals surface area contributed by atoms with Gasteiger partial charge < -0.3 is 4.90 Å². The molecule has 2 heterocycles. The van der Waals surface area contributed by atoms with Crippen molar-refractivity contribution in [2.75, 3.05) is 19.6 Å². The number of likely N-dealkylation sites (tertiary alicyclic amines) is 1. The summed E-state index contributed by atoms with van der Waals surface area (Å²) in [6.45, 7) is 10.4. The number of hydrogen-bond donors (Lipinski definition) is 0. The Morgan fingerprint density at radius 2 is 2.06 bits per heavy atom. The number of aromatic nitrogens is 3. The van der Waals surface area contributed by atoms with Gasteiger partial charge in [0.2, 0.25) is 0 Å². The predicted octanol–water partition coefficient (Wildman–Crippen LogP) is 2.45. The van der Waals surface area contributed by atoms with Gasteiger partial charge in [-0.1, -0.05) is 26.0 Å². The Morgan fingerprint density at radius 1 is 1.28 bits per heavy atom. The first-order valence-electron chi connectivity index (χ1n) is 7.15. The zero-order chi connectivity index (χ0) is 12.8. The maximum atomic E-state index is 4.33. The van der Waals surface area contributed by atoms with Crippen molar-refractivity contribution in [2.45, 2.75) is 52.0 Å². The highest BCUT2D eigenvalue weighted by molar-refractivity contribution is 5.09. The average molecular weight is 248 g/mol. The van der Waals surface area contributed by atoms with Crippen molar-refractivity contribution in [3.8, 4) is 0 Å². The Morgan fingerprint density at radius 3 is 2.72 bits per heavy atom. The molecule has 0 aromatic carbocycles. The summed E-state index contributed by atoms with van der Waals surface area (Å²) in [5.74, 6) is 0.714. The zero-order valence-corrected chi connectivity index (χ0v) is 11.8. The summed E-state index contributed by atoms with van der Waals surface area (Å²) < 4.78 is 2.11. The van der Waals surface area contributed by atoms with Gasteiger partial charge in [-0.3, -0.25) is 0 Å².